The van der Waals surface area contributed by atoms with Crippen molar-refractivity contribution in [3.8, 4) is 6.07 Å². The molecule has 0 saturated heterocycles. The summed E-state index contributed by atoms with van der Waals surface area (Å²) < 4.78 is 0. The summed E-state index contributed by atoms with van der Waals surface area (Å²) >= 11 is 5.97. The van der Waals surface area contributed by atoms with Gasteiger partial charge in [-0.1, -0.05) is 11.6 Å². The van der Waals surface area contributed by atoms with E-state index in [-0.39, 0.29) is 11.9 Å². The van der Waals surface area contributed by atoms with Gasteiger partial charge in [0.05, 0.1) is 22.3 Å². The summed E-state index contributed by atoms with van der Waals surface area (Å²) in [6.45, 7) is 0. The molecule has 1 aliphatic rings. The molecule has 0 radical (unpaired) electrons. The van der Waals surface area contributed by atoms with Crippen molar-refractivity contribution >= 4 is 23.2 Å². The standard InChI is InChI=1S/C13H14ClN3O/c14-10-5-8(7-15)1-4-12(10)17-13(18)6-11(16)9-2-3-9/h1,4-5,9,11H,2-3,6,16H2,(H,17,18). The van der Waals surface area contributed by atoms with Crippen LogP contribution in [0.15, 0.2) is 18.2 Å². The number of carbonyl (C=O) groups excluding carboxylic acids is 1. The van der Waals surface area contributed by atoms with Crippen molar-refractivity contribution in [2.45, 2.75) is 25.3 Å². The third-order valence-corrected chi connectivity index (χ3v) is 3.33. The number of nitrogens with zero attached hydrogens (tertiary/aromatic N) is 1. The molecule has 1 atom stereocenters. The Morgan fingerprint density at radius 2 is 2.33 bits per heavy atom. The second kappa shape index (κ2) is 5.38. The number of nitrogens with two attached hydrogens (primary N) is 1. The SMILES string of the molecule is N#Cc1ccc(NC(=O)CC(N)C2CC2)c(Cl)c1. The van der Waals surface area contributed by atoms with E-state index < -0.39 is 0 Å². The zero-order chi connectivity index (χ0) is 13.1. The first-order valence-electron chi connectivity index (χ1n) is 5.85. The number of hydrogen-bond donors (Lipinski definition) is 2. The molecule has 0 spiro atoms. The Bertz CT molecular complexity index is 505. The highest BCUT2D eigenvalue weighted by Gasteiger charge is 2.29. The van der Waals surface area contributed by atoms with Gasteiger partial charge < -0.3 is 11.1 Å². The molecule has 1 fully saturated rings. The van der Waals surface area contributed by atoms with Crippen LogP contribution < -0.4 is 11.1 Å². The lowest BCUT2D eigenvalue weighted by Gasteiger charge is -2.11. The normalized spacial score (nSPS) is 15.8. The van der Waals surface area contributed by atoms with E-state index in [0.717, 1.165) is 12.8 Å². The summed E-state index contributed by atoms with van der Waals surface area (Å²) in [6.07, 6.45) is 2.54. The Morgan fingerprint density at radius 1 is 1.61 bits per heavy atom. The molecule has 2 rings (SSSR count). The van der Waals surface area contributed by atoms with Crippen LogP contribution in [0.4, 0.5) is 5.69 Å². The molecule has 0 aromatic heterocycles. The maximum atomic E-state index is 11.7. The Labute approximate surface area is 111 Å². The highest BCUT2D eigenvalue weighted by atomic mass is 35.5. The van der Waals surface area contributed by atoms with Gasteiger partial charge >= 0.3 is 0 Å². The Balaban J connectivity index is 1.96. The van der Waals surface area contributed by atoms with E-state index >= 15 is 0 Å². The molecular formula is C13H14ClN3O. The third-order valence-electron chi connectivity index (χ3n) is 3.02. The van der Waals surface area contributed by atoms with Gasteiger partial charge in [0.1, 0.15) is 0 Å². The van der Waals surface area contributed by atoms with Gasteiger partial charge in [0, 0.05) is 12.5 Å². The summed E-state index contributed by atoms with van der Waals surface area (Å²) in [5.41, 5.74) is 6.86. The zero-order valence-corrected chi connectivity index (χ0v) is 10.6. The molecule has 94 valence electrons. The second-order valence-electron chi connectivity index (χ2n) is 4.56. The van der Waals surface area contributed by atoms with Gasteiger partial charge in [0.2, 0.25) is 5.91 Å². The molecular weight excluding hydrogens is 250 g/mol. The fourth-order valence-electron chi connectivity index (χ4n) is 1.79. The fourth-order valence-corrected chi connectivity index (χ4v) is 2.02. The predicted molar refractivity (Wildman–Crippen MR) is 70.1 cm³/mol. The number of halogens is 1. The molecule has 5 heteroatoms. The van der Waals surface area contributed by atoms with Crippen LogP contribution in [0.2, 0.25) is 5.02 Å². The lowest BCUT2D eigenvalue weighted by molar-refractivity contribution is -0.116. The molecule has 1 aliphatic carbocycles. The van der Waals surface area contributed by atoms with Crippen LogP contribution >= 0.6 is 11.6 Å². The Morgan fingerprint density at radius 3 is 2.89 bits per heavy atom. The van der Waals surface area contributed by atoms with Crippen molar-refractivity contribution in [1.82, 2.24) is 0 Å². The monoisotopic (exact) mass is 263 g/mol. The quantitative estimate of drug-likeness (QED) is 0.875. The lowest BCUT2D eigenvalue weighted by atomic mass is 10.1. The maximum absolute atomic E-state index is 11.7. The first-order valence-corrected chi connectivity index (χ1v) is 6.23. The number of amides is 1. The predicted octanol–water partition coefficient (Wildman–Crippen LogP) is 2.28. The van der Waals surface area contributed by atoms with Crippen molar-refractivity contribution in [2.24, 2.45) is 11.7 Å². The van der Waals surface area contributed by atoms with Crippen molar-refractivity contribution in [3.63, 3.8) is 0 Å². The largest absolute Gasteiger partial charge is 0.327 e. The molecule has 1 unspecified atom stereocenters. The van der Waals surface area contributed by atoms with E-state index in [9.17, 15) is 4.79 Å². The molecule has 0 bridgehead atoms. The van der Waals surface area contributed by atoms with Crippen LogP contribution in [0.1, 0.15) is 24.8 Å². The summed E-state index contributed by atoms with van der Waals surface area (Å²) in [5.74, 6) is 0.355. The van der Waals surface area contributed by atoms with Gasteiger partial charge in [-0.25, -0.2) is 0 Å². The van der Waals surface area contributed by atoms with Crippen LogP contribution in [0, 0.1) is 17.2 Å². The molecule has 1 saturated carbocycles. The molecule has 0 heterocycles. The number of benzene rings is 1. The minimum absolute atomic E-state index is 0.0674. The molecule has 3 N–H and O–H groups in total. The van der Waals surface area contributed by atoms with Crippen LogP contribution in [0.5, 0.6) is 0 Å². The first-order chi connectivity index (χ1) is 8.60. The topological polar surface area (TPSA) is 78.9 Å². The van der Waals surface area contributed by atoms with E-state index in [2.05, 4.69) is 5.32 Å². The molecule has 1 aromatic rings. The molecule has 1 amide bonds. The molecule has 0 aliphatic heterocycles. The van der Waals surface area contributed by atoms with Crippen molar-refractivity contribution in [1.29, 1.82) is 5.26 Å². The van der Waals surface area contributed by atoms with E-state index in [1.165, 1.54) is 6.07 Å². The summed E-state index contributed by atoms with van der Waals surface area (Å²) in [5, 5.41) is 11.8. The minimum Gasteiger partial charge on any atom is -0.327 e. The van der Waals surface area contributed by atoms with Gasteiger partial charge in [0.15, 0.2) is 0 Å². The minimum atomic E-state index is -0.138. The maximum Gasteiger partial charge on any atom is 0.225 e. The molecule has 4 nitrogen and oxygen atoms in total. The third kappa shape index (κ3) is 3.22. The van der Waals surface area contributed by atoms with E-state index in [4.69, 9.17) is 22.6 Å². The lowest BCUT2D eigenvalue weighted by Crippen LogP contribution is -2.28. The summed E-state index contributed by atoms with van der Waals surface area (Å²) in [7, 11) is 0. The number of carbonyl (C=O) groups is 1. The number of hydrogen-bond acceptors (Lipinski definition) is 3. The smallest absolute Gasteiger partial charge is 0.225 e. The van der Waals surface area contributed by atoms with Crippen LogP contribution in [0.25, 0.3) is 0 Å². The van der Waals surface area contributed by atoms with Gasteiger partial charge in [-0.3, -0.25) is 4.79 Å². The van der Waals surface area contributed by atoms with Crippen molar-refractivity contribution in [3.05, 3.63) is 28.8 Å². The Hall–Kier alpha value is -1.57. The number of nitriles is 1. The highest BCUT2D eigenvalue weighted by Crippen LogP contribution is 2.33. The van der Waals surface area contributed by atoms with Gasteiger partial charge in [-0.2, -0.15) is 5.26 Å². The summed E-state index contributed by atoms with van der Waals surface area (Å²) in [6, 6.07) is 6.68. The average Bonchev–Trinajstić information content (AvgIpc) is 3.15. The van der Waals surface area contributed by atoms with E-state index in [1.54, 1.807) is 12.1 Å². The van der Waals surface area contributed by atoms with Crippen LogP contribution in [0.3, 0.4) is 0 Å². The average molecular weight is 264 g/mol. The van der Waals surface area contributed by atoms with E-state index in [0.29, 0.717) is 28.6 Å². The number of anilines is 1. The number of rotatable bonds is 4. The van der Waals surface area contributed by atoms with E-state index in [1.807, 2.05) is 6.07 Å². The molecule has 1 aromatic carbocycles. The number of nitrogens with one attached hydrogen (secondary N) is 1. The molecule has 18 heavy (non-hydrogen) atoms. The van der Waals surface area contributed by atoms with Crippen LogP contribution in [-0.2, 0) is 4.79 Å². The van der Waals surface area contributed by atoms with Gasteiger partial charge in [0.25, 0.3) is 0 Å². The highest BCUT2D eigenvalue weighted by molar-refractivity contribution is 6.33. The van der Waals surface area contributed by atoms with Gasteiger partial charge in [-0.15, -0.1) is 0 Å². The fraction of sp³-hybridized carbons (Fsp3) is 0.385. The Kier molecular flexibility index (Phi) is 3.85. The second-order valence-corrected chi connectivity index (χ2v) is 4.97. The zero-order valence-electron chi connectivity index (χ0n) is 9.82. The first kappa shape index (κ1) is 12.9. The van der Waals surface area contributed by atoms with Gasteiger partial charge in [-0.05, 0) is 37.0 Å². The summed E-state index contributed by atoms with van der Waals surface area (Å²) in [4.78, 5) is 11.7. The van der Waals surface area contributed by atoms with Crippen molar-refractivity contribution in [2.75, 3.05) is 5.32 Å². The van der Waals surface area contributed by atoms with Crippen molar-refractivity contribution < 1.29 is 4.79 Å². The van der Waals surface area contributed by atoms with Crippen LogP contribution in [-0.4, -0.2) is 11.9 Å².